The third kappa shape index (κ3) is 6.12. The molecule has 0 saturated carbocycles. The van der Waals surface area contributed by atoms with Gasteiger partial charge in [0.25, 0.3) is 0 Å². The predicted molar refractivity (Wildman–Crippen MR) is 123 cm³/mol. The van der Waals surface area contributed by atoms with E-state index in [0.717, 1.165) is 5.56 Å². The molecule has 0 aliphatic rings. The Bertz CT molecular complexity index is 1260. The third-order valence-electron chi connectivity index (χ3n) is 4.65. The van der Waals surface area contributed by atoms with E-state index in [-0.39, 0.29) is 0 Å². The molecule has 0 saturated heterocycles. The van der Waals surface area contributed by atoms with Crippen LogP contribution in [0.4, 0.5) is 5.69 Å². The normalized spacial score (nSPS) is 10.6. The molecule has 3 rings (SSSR count). The topological polar surface area (TPSA) is 121 Å². The number of anilines is 1. The van der Waals surface area contributed by atoms with Gasteiger partial charge in [0.05, 0.1) is 22.9 Å². The molecule has 0 radical (unpaired) electrons. The third-order valence-corrected chi connectivity index (χ3v) is 4.65. The van der Waals surface area contributed by atoms with Gasteiger partial charge < -0.3 is 10.1 Å². The highest BCUT2D eigenvalue weighted by atomic mass is 16.5. The quantitative estimate of drug-likeness (QED) is 0.207. The van der Waals surface area contributed by atoms with Gasteiger partial charge in [0.2, 0.25) is 0 Å². The number of carbonyl (C=O) groups is 3. The molecular formula is C25H20N4O4. The van der Waals surface area contributed by atoms with Crippen LogP contribution in [0.25, 0.3) is 0 Å². The van der Waals surface area contributed by atoms with Gasteiger partial charge in [-0.15, -0.1) is 0 Å². The molecule has 3 aromatic rings. The Morgan fingerprint density at radius 3 is 2.21 bits per heavy atom. The Kier molecular flexibility index (Phi) is 7.29. The molecule has 0 heterocycles. The summed E-state index contributed by atoms with van der Waals surface area (Å²) in [5, 5.41) is 15.1. The number of nitriles is 1. The number of rotatable bonds is 5. The van der Waals surface area contributed by atoms with Crippen molar-refractivity contribution in [3.8, 4) is 11.8 Å². The molecule has 0 bridgehead atoms. The van der Waals surface area contributed by atoms with Crippen LogP contribution in [0.3, 0.4) is 0 Å². The van der Waals surface area contributed by atoms with E-state index in [2.05, 4.69) is 15.8 Å². The summed E-state index contributed by atoms with van der Waals surface area (Å²) in [6.07, 6.45) is 0. The zero-order valence-electron chi connectivity index (χ0n) is 18.0. The highest BCUT2D eigenvalue weighted by Crippen LogP contribution is 2.16. The Balaban J connectivity index is 1.57. The Hall–Kier alpha value is -4.77. The van der Waals surface area contributed by atoms with Gasteiger partial charge in [-0.3, -0.25) is 9.59 Å². The van der Waals surface area contributed by atoms with Crippen LogP contribution < -0.4 is 15.5 Å². The van der Waals surface area contributed by atoms with Crippen molar-refractivity contribution < 1.29 is 19.1 Å². The van der Waals surface area contributed by atoms with Crippen molar-refractivity contribution in [2.75, 3.05) is 5.32 Å². The summed E-state index contributed by atoms with van der Waals surface area (Å²) < 4.78 is 5.40. The first-order valence-corrected chi connectivity index (χ1v) is 9.91. The van der Waals surface area contributed by atoms with Crippen LogP contribution in [-0.2, 0) is 9.59 Å². The van der Waals surface area contributed by atoms with Crippen molar-refractivity contribution >= 4 is 29.2 Å². The SMILES string of the molecule is C/C(=N\NC(=O)C(=O)Nc1ccc(C#N)cc1)c1ccc(OC(=O)c2ccccc2C)cc1. The minimum absolute atomic E-state index is 0.366. The zero-order valence-corrected chi connectivity index (χ0v) is 18.0. The molecule has 2 amide bonds. The first-order chi connectivity index (χ1) is 15.9. The van der Waals surface area contributed by atoms with Crippen LogP contribution in [0.15, 0.2) is 77.9 Å². The van der Waals surface area contributed by atoms with E-state index >= 15 is 0 Å². The largest absolute Gasteiger partial charge is 0.423 e. The van der Waals surface area contributed by atoms with Gasteiger partial charge in [0, 0.05) is 5.69 Å². The number of benzene rings is 3. The summed E-state index contributed by atoms with van der Waals surface area (Å²) >= 11 is 0. The fraction of sp³-hybridized carbons (Fsp3) is 0.0800. The monoisotopic (exact) mass is 440 g/mol. The lowest BCUT2D eigenvalue weighted by Crippen LogP contribution is -2.32. The second kappa shape index (κ2) is 10.5. The second-order valence-electron chi connectivity index (χ2n) is 7.01. The number of nitrogens with one attached hydrogen (secondary N) is 2. The fourth-order valence-electron chi connectivity index (χ4n) is 2.79. The Morgan fingerprint density at radius 2 is 1.58 bits per heavy atom. The molecular weight excluding hydrogens is 420 g/mol. The predicted octanol–water partition coefficient (Wildman–Crippen LogP) is 3.56. The Labute approximate surface area is 190 Å². The molecule has 33 heavy (non-hydrogen) atoms. The van der Waals surface area contributed by atoms with Crippen molar-refractivity contribution in [3.63, 3.8) is 0 Å². The number of nitrogens with zero attached hydrogens (tertiary/aromatic N) is 2. The summed E-state index contributed by atoms with van der Waals surface area (Å²) in [5.74, 6) is -1.92. The van der Waals surface area contributed by atoms with Gasteiger partial charge >= 0.3 is 17.8 Å². The van der Waals surface area contributed by atoms with E-state index in [1.54, 1.807) is 43.3 Å². The molecule has 0 spiro atoms. The van der Waals surface area contributed by atoms with Crippen molar-refractivity contribution in [1.29, 1.82) is 5.26 Å². The van der Waals surface area contributed by atoms with Crippen LogP contribution in [-0.4, -0.2) is 23.5 Å². The molecule has 3 aromatic carbocycles. The van der Waals surface area contributed by atoms with Gasteiger partial charge in [0.15, 0.2) is 0 Å². The average molecular weight is 440 g/mol. The van der Waals surface area contributed by atoms with Gasteiger partial charge in [0.1, 0.15) is 5.75 Å². The minimum atomic E-state index is -0.942. The van der Waals surface area contributed by atoms with Crippen LogP contribution >= 0.6 is 0 Å². The van der Waals surface area contributed by atoms with E-state index < -0.39 is 17.8 Å². The molecule has 8 nitrogen and oxygen atoms in total. The summed E-state index contributed by atoms with van der Waals surface area (Å²) in [6.45, 7) is 3.49. The fourth-order valence-corrected chi connectivity index (χ4v) is 2.79. The molecule has 0 fully saturated rings. The molecule has 2 N–H and O–H groups in total. The number of hydrogen-bond acceptors (Lipinski definition) is 6. The first-order valence-electron chi connectivity index (χ1n) is 9.91. The first kappa shape index (κ1) is 22.9. The van der Waals surface area contributed by atoms with Crippen molar-refractivity contribution in [2.45, 2.75) is 13.8 Å². The smallest absolute Gasteiger partial charge is 0.343 e. The van der Waals surface area contributed by atoms with E-state index in [4.69, 9.17) is 10.00 Å². The molecule has 8 heteroatoms. The lowest BCUT2D eigenvalue weighted by atomic mass is 10.1. The number of amides is 2. The molecule has 0 unspecified atom stereocenters. The number of hydrogen-bond donors (Lipinski definition) is 2. The number of hydrazone groups is 1. The van der Waals surface area contributed by atoms with Gasteiger partial charge in [-0.05, 0) is 79.6 Å². The van der Waals surface area contributed by atoms with Crippen molar-refractivity contribution in [2.24, 2.45) is 5.10 Å². The number of ether oxygens (including phenoxy) is 1. The lowest BCUT2D eigenvalue weighted by molar-refractivity contribution is -0.136. The molecule has 0 aliphatic heterocycles. The highest BCUT2D eigenvalue weighted by molar-refractivity contribution is 6.39. The summed E-state index contributed by atoms with van der Waals surface area (Å²) in [5.41, 5.74) is 5.44. The van der Waals surface area contributed by atoms with Crippen LogP contribution in [0.5, 0.6) is 5.75 Å². The van der Waals surface area contributed by atoms with E-state index in [0.29, 0.717) is 33.8 Å². The maximum Gasteiger partial charge on any atom is 0.343 e. The summed E-state index contributed by atoms with van der Waals surface area (Å²) in [7, 11) is 0. The van der Waals surface area contributed by atoms with Crippen LogP contribution in [0.2, 0.25) is 0 Å². The van der Waals surface area contributed by atoms with Crippen LogP contribution in [0, 0.1) is 18.3 Å². The maximum absolute atomic E-state index is 12.3. The molecule has 0 atom stereocenters. The van der Waals surface area contributed by atoms with Crippen molar-refractivity contribution in [3.05, 3.63) is 95.1 Å². The number of carbonyl (C=O) groups excluding carboxylic acids is 3. The molecule has 0 aliphatic carbocycles. The van der Waals surface area contributed by atoms with E-state index in [9.17, 15) is 14.4 Å². The van der Waals surface area contributed by atoms with E-state index in [1.807, 2.05) is 25.1 Å². The average Bonchev–Trinajstić information content (AvgIpc) is 2.83. The standard InChI is InChI=1S/C25H20N4O4/c1-16-5-3-4-6-22(16)25(32)33-21-13-9-19(10-14-21)17(2)28-29-24(31)23(30)27-20-11-7-18(15-26)8-12-20/h3-14H,1-2H3,(H,27,30)(H,29,31)/b28-17+. The van der Waals surface area contributed by atoms with Crippen LogP contribution in [0.1, 0.15) is 34.0 Å². The lowest BCUT2D eigenvalue weighted by Gasteiger charge is -2.08. The zero-order chi connectivity index (χ0) is 23.8. The Morgan fingerprint density at radius 1 is 0.909 bits per heavy atom. The molecule has 0 aromatic heterocycles. The molecule has 164 valence electrons. The number of esters is 1. The van der Waals surface area contributed by atoms with E-state index in [1.165, 1.54) is 24.3 Å². The minimum Gasteiger partial charge on any atom is -0.423 e. The highest BCUT2D eigenvalue weighted by Gasteiger charge is 2.14. The van der Waals surface area contributed by atoms with Gasteiger partial charge in [-0.25, -0.2) is 10.2 Å². The van der Waals surface area contributed by atoms with Gasteiger partial charge in [-0.1, -0.05) is 18.2 Å². The number of aryl methyl sites for hydroxylation is 1. The van der Waals surface area contributed by atoms with Crippen molar-refractivity contribution in [1.82, 2.24) is 5.43 Å². The summed E-state index contributed by atoms with van der Waals surface area (Å²) in [6, 6.07) is 21.8. The second-order valence-corrected chi connectivity index (χ2v) is 7.01. The van der Waals surface area contributed by atoms with Gasteiger partial charge in [-0.2, -0.15) is 10.4 Å². The summed E-state index contributed by atoms with van der Waals surface area (Å²) in [4.78, 5) is 36.3. The maximum atomic E-state index is 12.3.